The van der Waals surface area contributed by atoms with Gasteiger partial charge in [0.25, 0.3) is 0 Å². The highest BCUT2D eigenvalue weighted by atomic mass is 16.5. The van der Waals surface area contributed by atoms with E-state index in [4.69, 9.17) is 9.15 Å². The van der Waals surface area contributed by atoms with Crippen LogP contribution in [0.2, 0.25) is 0 Å². The van der Waals surface area contributed by atoms with Crippen molar-refractivity contribution in [2.75, 3.05) is 6.61 Å². The molecule has 1 unspecified atom stereocenters. The molecule has 1 heterocycles. The van der Waals surface area contributed by atoms with Crippen LogP contribution in [-0.2, 0) is 11.2 Å². The average molecular weight is 337 g/mol. The Labute approximate surface area is 147 Å². The van der Waals surface area contributed by atoms with E-state index in [9.17, 15) is 4.79 Å². The van der Waals surface area contributed by atoms with Crippen LogP contribution in [-0.4, -0.2) is 12.5 Å². The molecule has 0 aliphatic carbocycles. The van der Waals surface area contributed by atoms with Gasteiger partial charge in [0.05, 0.1) is 25.3 Å². The third kappa shape index (κ3) is 4.02. The molecule has 0 saturated heterocycles. The highest BCUT2D eigenvalue weighted by Gasteiger charge is 2.13. The fourth-order valence-corrected chi connectivity index (χ4v) is 2.90. The zero-order valence-electron chi connectivity index (χ0n) is 14.8. The Kier molecular flexibility index (Phi) is 5.08. The van der Waals surface area contributed by atoms with Crippen LogP contribution >= 0.6 is 0 Å². The normalized spacial score (nSPS) is 12.1. The van der Waals surface area contributed by atoms with E-state index in [1.54, 1.807) is 6.26 Å². The Hall–Kier alpha value is -2.75. The minimum absolute atomic E-state index is 0.0235. The third-order valence-electron chi connectivity index (χ3n) is 4.23. The van der Waals surface area contributed by atoms with E-state index in [2.05, 4.69) is 5.32 Å². The van der Waals surface area contributed by atoms with Gasteiger partial charge in [0.1, 0.15) is 11.3 Å². The maximum Gasteiger partial charge on any atom is 0.225 e. The summed E-state index contributed by atoms with van der Waals surface area (Å²) in [5, 5.41) is 4.04. The predicted molar refractivity (Wildman–Crippen MR) is 98.8 cm³/mol. The Morgan fingerprint density at radius 2 is 1.96 bits per heavy atom. The first-order valence-corrected chi connectivity index (χ1v) is 8.55. The Balaban J connectivity index is 1.64. The van der Waals surface area contributed by atoms with Gasteiger partial charge in [-0.1, -0.05) is 24.3 Å². The molecule has 1 amide bonds. The molecular formula is C21H23NO3. The van der Waals surface area contributed by atoms with Gasteiger partial charge in [0.15, 0.2) is 0 Å². The molecule has 2 aromatic carbocycles. The lowest BCUT2D eigenvalue weighted by Gasteiger charge is -2.15. The van der Waals surface area contributed by atoms with Crippen molar-refractivity contribution in [3.8, 4) is 5.75 Å². The molecule has 0 aliphatic rings. The van der Waals surface area contributed by atoms with Crippen LogP contribution < -0.4 is 10.1 Å². The first-order chi connectivity index (χ1) is 12.1. The predicted octanol–water partition coefficient (Wildman–Crippen LogP) is 4.56. The van der Waals surface area contributed by atoms with Crippen molar-refractivity contribution in [1.82, 2.24) is 5.32 Å². The zero-order chi connectivity index (χ0) is 17.8. The van der Waals surface area contributed by atoms with Gasteiger partial charge < -0.3 is 14.5 Å². The van der Waals surface area contributed by atoms with Gasteiger partial charge in [-0.3, -0.25) is 4.79 Å². The van der Waals surface area contributed by atoms with Crippen molar-refractivity contribution in [1.29, 1.82) is 0 Å². The molecule has 4 nitrogen and oxygen atoms in total. The molecule has 130 valence electrons. The number of carbonyl (C=O) groups excluding carboxylic acids is 1. The highest BCUT2D eigenvalue weighted by Crippen LogP contribution is 2.23. The number of fused-ring (bicyclic) bond motifs is 1. The van der Waals surface area contributed by atoms with E-state index >= 15 is 0 Å². The molecule has 4 heteroatoms. The summed E-state index contributed by atoms with van der Waals surface area (Å²) in [5.74, 6) is 0.814. The van der Waals surface area contributed by atoms with Crippen LogP contribution in [0.15, 0.2) is 53.1 Å². The maximum atomic E-state index is 12.4. The standard InChI is InChI=1S/C21H23NO3/c1-4-24-18-8-6-16(7-9-18)15(3)22-21(23)12-17-13-25-20-11-14(2)5-10-19(17)20/h5-11,13,15H,4,12H2,1-3H3,(H,22,23). The minimum Gasteiger partial charge on any atom is -0.494 e. The van der Waals surface area contributed by atoms with Crippen molar-refractivity contribution >= 4 is 16.9 Å². The molecule has 3 rings (SSSR count). The van der Waals surface area contributed by atoms with E-state index in [0.717, 1.165) is 33.4 Å². The molecule has 0 bridgehead atoms. The number of hydrogen-bond acceptors (Lipinski definition) is 3. The van der Waals surface area contributed by atoms with E-state index < -0.39 is 0 Å². The fourth-order valence-electron chi connectivity index (χ4n) is 2.90. The number of aryl methyl sites for hydroxylation is 1. The lowest BCUT2D eigenvalue weighted by Crippen LogP contribution is -2.28. The topological polar surface area (TPSA) is 51.5 Å². The molecule has 0 saturated carbocycles. The summed E-state index contributed by atoms with van der Waals surface area (Å²) >= 11 is 0. The Morgan fingerprint density at radius 3 is 2.68 bits per heavy atom. The van der Waals surface area contributed by atoms with Gasteiger partial charge in [-0.25, -0.2) is 0 Å². The Bertz CT molecular complexity index is 864. The molecule has 0 spiro atoms. The van der Waals surface area contributed by atoms with Gasteiger partial charge >= 0.3 is 0 Å². The summed E-state index contributed by atoms with van der Waals surface area (Å²) in [6.45, 7) is 6.60. The summed E-state index contributed by atoms with van der Waals surface area (Å²) in [6.07, 6.45) is 1.97. The number of ether oxygens (including phenoxy) is 1. The zero-order valence-corrected chi connectivity index (χ0v) is 14.8. The van der Waals surface area contributed by atoms with Crippen molar-refractivity contribution < 1.29 is 13.9 Å². The van der Waals surface area contributed by atoms with E-state index in [0.29, 0.717) is 13.0 Å². The van der Waals surface area contributed by atoms with Gasteiger partial charge in [-0.05, 0) is 50.1 Å². The van der Waals surface area contributed by atoms with Crippen molar-refractivity contribution in [2.24, 2.45) is 0 Å². The fraction of sp³-hybridized carbons (Fsp3) is 0.286. The lowest BCUT2D eigenvalue weighted by molar-refractivity contribution is -0.121. The Morgan fingerprint density at radius 1 is 1.20 bits per heavy atom. The van der Waals surface area contributed by atoms with Gasteiger partial charge in [0, 0.05) is 10.9 Å². The molecule has 1 aromatic heterocycles. The maximum absolute atomic E-state index is 12.4. The van der Waals surface area contributed by atoms with Crippen LogP contribution in [0.3, 0.4) is 0 Å². The molecule has 3 aromatic rings. The molecule has 1 atom stereocenters. The number of benzene rings is 2. The smallest absolute Gasteiger partial charge is 0.225 e. The van der Waals surface area contributed by atoms with Crippen LogP contribution in [0.4, 0.5) is 0 Å². The number of rotatable bonds is 6. The SMILES string of the molecule is CCOc1ccc(C(C)NC(=O)Cc2coc3cc(C)ccc23)cc1. The second-order valence-electron chi connectivity index (χ2n) is 6.23. The highest BCUT2D eigenvalue weighted by molar-refractivity contribution is 5.88. The molecule has 0 radical (unpaired) electrons. The van der Waals surface area contributed by atoms with Crippen LogP contribution in [0.5, 0.6) is 5.75 Å². The molecule has 0 aliphatic heterocycles. The molecule has 0 fully saturated rings. The molecule has 1 N–H and O–H groups in total. The number of carbonyl (C=O) groups is 1. The monoisotopic (exact) mass is 337 g/mol. The van der Waals surface area contributed by atoms with E-state index in [1.807, 2.05) is 63.2 Å². The summed E-state index contributed by atoms with van der Waals surface area (Å²) < 4.78 is 11.0. The summed E-state index contributed by atoms with van der Waals surface area (Å²) in [4.78, 5) is 12.4. The molecular weight excluding hydrogens is 314 g/mol. The number of hydrogen-bond donors (Lipinski definition) is 1. The van der Waals surface area contributed by atoms with Gasteiger partial charge in [-0.15, -0.1) is 0 Å². The lowest BCUT2D eigenvalue weighted by atomic mass is 10.1. The van der Waals surface area contributed by atoms with E-state index in [1.165, 1.54) is 0 Å². The van der Waals surface area contributed by atoms with Crippen molar-refractivity contribution in [3.63, 3.8) is 0 Å². The minimum atomic E-state index is -0.0661. The number of furan rings is 1. The molecule has 25 heavy (non-hydrogen) atoms. The first kappa shape index (κ1) is 17.1. The average Bonchev–Trinajstić information content (AvgIpc) is 2.97. The van der Waals surface area contributed by atoms with Crippen LogP contribution in [0.1, 0.15) is 36.6 Å². The first-order valence-electron chi connectivity index (χ1n) is 8.55. The quantitative estimate of drug-likeness (QED) is 0.717. The second-order valence-corrected chi connectivity index (χ2v) is 6.23. The van der Waals surface area contributed by atoms with Crippen molar-refractivity contribution in [2.45, 2.75) is 33.2 Å². The van der Waals surface area contributed by atoms with Crippen molar-refractivity contribution in [3.05, 3.63) is 65.4 Å². The second kappa shape index (κ2) is 7.43. The van der Waals surface area contributed by atoms with Crippen LogP contribution in [0.25, 0.3) is 11.0 Å². The third-order valence-corrected chi connectivity index (χ3v) is 4.23. The number of nitrogens with one attached hydrogen (secondary N) is 1. The van der Waals surface area contributed by atoms with Gasteiger partial charge in [-0.2, -0.15) is 0 Å². The van der Waals surface area contributed by atoms with Crippen LogP contribution in [0, 0.1) is 6.92 Å². The summed E-state index contributed by atoms with van der Waals surface area (Å²) in [7, 11) is 0. The summed E-state index contributed by atoms with van der Waals surface area (Å²) in [5.41, 5.74) is 3.92. The van der Waals surface area contributed by atoms with Gasteiger partial charge in [0.2, 0.25) is 5.91 Å². The van der Waals surface area contributed by atoms with E-state index in [-0.39, 0.29) is 11.9 Å². The number of amides is 1. The largest absolute Gasteiger partial charge is 0.494 e. The summed E-state index contributed by atoms with van der Waals surface area (Å²) in [6, 6.07) is 13.8.